The van der Waals surface area contributed by atoms with Crippen molar-refractivity contribution in [2.24, 2.45) is 17.3 Å². The highest BCUT2D eigenvalue weighted by molar-refractivity contribution is 14.1. The highest BCUT2D eigenvalue weighted by atomic mass is 127. The molecule has 0 spiro atoms. The Balaban J connectivity index is 1.43. The molecule has 1 heterocycles. The van der Waals surface area contributed by atoms with Crippen LogP contribution in [0, 0.1) is 17.3 Å². The average molecular weight is 1340 g/mol. The molecule has 1 saturated heterocycles. The topological polar surface area (TPSA) is 128 Å². The van der Waals surface area contributed by atoms with Crippen molar-refractivity contribution in [1.82, 2.24) is 0 Å². The maximum absolute atomic E-state index is 14.4. The van der Waals surface area contributed by atoms with Crippen LogP contribution in [0.15, 0.2) is 109 Å². The number of halogens is 1. The number of Topliss-reactive ketones (excluding diaryl/α,β-unsaturated/α-hetero) is 1. The summed E-state index contributed by atoms with van der Waals surface area (Å²) in [4.78, 5) is 14.4. The zero-order chi connectivity index (χ0) is 63.0. The SMILES string of the molecule is COc1ccc(COC[C@H]2O[C@@H](OC[C@@]3(C)CCC(=O)C(C)(I)C3/C=C/C(CO[Si](C(C)C)(C(C)C)C(C)C)CO[Si](C(C)C)(C(C)C)C(C)C)[C@H](OCc3ccc(OC)cc3)[C@@H](OCc3ccc(OC)cc3)[C@@H]2OCc2ccc(OC)cc2)cc1. The fourth-order valence-electron chi connectivity index (χ4n) is 13.9. The number of allylic oxidation sites excluding steroid dienone is 1. The lowest BCUT2D eigenvalue weighted by atomic mass is 9.62. The first kappa shape index (κ1) is 71.4. The van der Waals surface area contributed by atoms with Crippen LogP contribution in [0.1, 0.15) is 132 Å². The van der Waals surface area contributed by atoms with Crippen molar-refractivity contribution in [3.63, 3.8) is 0 Å². The van der Waals surface area contributed by atoms with E-state index in [-0.39, 0.29) is 50.7 Å². The van der Waals surface area contributed by atoms with Gasteiger partial charge in [0.2, 0.25) is 0 Å². The first-order chi connectivity index (χ1) is 40.9. The third kappa shape index (κ3) is 17.8. The molecule has 6 rings (SSSR count). The lowest BCUT2D eigenvalue weighted by Crippen LogP contribution is -2.62. The Labute approximate surface area is 532 Å². The van der Waals surface area contributed by atoms with Gasteiger partial charge < -0.3 is 56.2 Å². The fraction of sp³-hybridized carbons (Fsp3) is 0.614. The molecule has 86 heavy (non-hydrogen) atoms. The summed E-state index contributed by atoms with van der Waals surface area (Å²) in [6, 6.07) is 31.4. The molecule has 2 unspecified atom stereocenters. The molecule has 4 aromatic carbocycles. The predicted octanol–water partition coefficient (Wildman–Crippen LogP) is 16.5. The van der Waals surface area contributed by atoms with Gasteiger partial charge in [-0.15, -0.1) is 0 Å². The van der Waals surface area contributed by atoms with Crippen molar-refractivity contribution in [2.45, 2.75) is 204 Å². The number of methoxy groups -OCH3 is 4. The van der Waals surface area contributed by atoms with E-state index >= 15 is 0 Å². The molecular formula is C70H105IO13Si2. The van der Waals surface area contributed by atoms with Crippen LogP contribution in [-0.4, -0.2) is 111 Å². The number of ether oxygens (including phenoxy) is 10. The molecule has 0 amide bonds. The molecule has 1 saturated carbocycles. The third-order valence-corrected chi connectivity index (χ3v) is 32.0. The lowest BCUT2D eigenvalue weighted by molar-refractivity contribution is -0.333. The second kappa shape index (κ2) is 32.9. The number of alkyl halides is 1. The van der Waals surface area contributed by atoms with Crippen molar-refractivity contribution in [1.29, 1.82) is 0 Å². The van der Waals surface area contributed by atoms with Gasteiger partial charge in [0.25, 0.3) is 0 Å². The summed E-state index contributed by atoms with van der Waals surface area (Å²) >= 11 is 2.42. The Kier molecular flexibility index (Phi) is 27.3. The van der Waals surface area contributed by atoms with Crippen molar-refractivity contribution in [2.75, 3.05) is 54.9 Å². The van der Waals surface area contributed by atoms with E-state index in [0.29, 0.717) is 65.9 Å². The molecule has 1 aliphatic heterocycles. The fourth-order valence-corrected chi connectivity index (χ4v) is 26.1. The summed E-state index contributed by atoms with van der Waals surface area (Å²) in [6.45, 7) is 34.9. The van der Waals surface area contributed by atoms with E-state index in [4.69, 9.17) is 56.2 Å². The zero-order valence-electron chi connectivity index (χ0n) is 55.2. The molecule has 1 aliphatic carbocycles. The van der Waals surface area contributed by atoms with Gasteiger partial charge >= 0.3 is 0 Å². The van der Waals surface area contributed by atoms with Gasteiger partial charge in [0.1, 0.15) is 53.2 Å². The Bertz CT molecular complexity index is 2580. The number of benzene rings is 4. The second-order valence-electron chi connectivity index (χ2n) is 26.1. The van der Waals surface area contributed by atoms with Gasteiger partial charge in [-0.05, 0) is 123 Å². The molecule has 0 aromatic heterocycles. The van der Waals surface area contributed by atoms with Crippen LogP contribution in [0.4, 0.5) is 0 Å². The molecular weight excluding hydrogens is 1230 g/mol. The third-order valence-electron chi connectivity index (χ3n) is 18.6. The van der Waals surface area contributed by atoms with Gasteiger partial charge in [0.05, 0.1) is 71.5 Å². The molecule has 0 N–H and O–H groups in total. The highest BCUT2D eigenvalue weighted by Crippen LogP contribution is 2.51. The Morgan fingerprint density at radius 1 is 0.523 bits per heavy atom. The van der Waals surface area contributed by atoms with E-state index in [9.17, 15) is 4.79 Å². The Morgan fingerprint density at radius 3 is 1.26 bits per heavy atom. The molecule has 4 aromatic rings. The van der Waals surface area contributed by atoms with E-state index in [1.165, 1.54) is 0 Å². The van der Waals surface area contributed by atoms with Gasteiger partial charge in [0.15, 0.2) is 22.9 Å². The molecule has 0 radical (unpaired) electrons. The molecule has 2 fully saturated rings. The minimum absolute atomic E-state index is 0.0507. The molecule has 2 aliphatic rings. The molecule has 478 valence electrons. The molecule has 0 bridgehead atoms. The largest absolute Gasteiger partial charge is 0.497 e. The average Bonchev–Trinajstić information content (AvgIpc) is 1.18. The number of hydrogen-bond acceptors (Lipinski definition) is 13. The zero-order valence-corrected chi connectivity index (χ0v) is 59.3. The Hall–Kier alpha value is -3.67. The summed E-state index contributed by atoms with van der Waals surface area (Å²) in [5, 5.41) is 0. The molecule has 13 nitrogen and oxygen atoms in total. The van der Waals surface area contributed by atoms with Gasteiger partial charge in [-0.3, -0.25) is 4.79 Å². The number of carbonyl (C=O) groups is 1. The van der Waals surface area contributed by atoms with Gasteiger partial charge in [-0.25, -0.2) is 0 Å². The van der Waals surface area contributed by atoms with Crippen LogP contribution in [0.3, 0.4) is 0 Å². The standard InChI is InChI=1S/C70H105IO13Si2/c1-47(2)85(48(3)4,49(5)6)82-43-57(44-83-86(50(7)8,51(9)10)52(11)12)27-36-63-69(13,38-37-64(72)70(63,14)71)46-81-68-67(80-42-56-25-34-61(76-18)35-26-56)66(79-41-55-23-32-60(75-17)33-24-55)65(78-40-54-21-30-59(74-16)31-22-54)62(84-68)45-77-39-53-19-28-58(73-15)29-20-53/h19-36,47-52,57,62-63,65-68H,37-46H2,1-18H3/b36-27+/t62-,63?,65-,66+,67-,68-,69-,70?/m1/s1. The van der Waals surface area contributed by atoms with Crippen molar-refractivity contribution < 1.29 is 61.0 Å². The van der Waals surface area contributed by atoms with Crippen molar-refractivity contribution in [3.05, 3.63) is 131 Å². The monoisotopic (exact) mass is 1340 g/mol. The number of ketones is 1. The van der Waals surface area contributed by atoms with Crippen LogP contribution >= 0.6 is 22.6 Å². The first-order valence-electron chi connectivity index (χ1n) is 31.3. The van der Waals surface area contributed by atoms with Crippen molar-refractivity contribution in [3.8, 4) is 23.0 Å². The smallest absolute Gasteiger partial charge is 0.200 e. The lowest BCUT2D eigenvalue weighted by Gasteiger charge is -2.50. The minimum Gasteiger partial charge on any atom is -0.497 e. The van der Waals surface area contributed by atoms with Crippen molar-refractivity contribution >= 4 is 45.0 Å². The summed E-state index contributed by atoms with van der Waals surface area (Å²) in [7, 11) is 2.09. The normalized spacial score (nSPS) is 23.3. The van der Waals surface area contributed by atoms with E-state index < -0.39 is 56.2 Å². The van der Waals surface area contributed by atoms with Crippen LogP contribution < -0.4 is 18.9 Å². The first-order valence-corrected chi connectivity index (χ1v) is 36.6. The predicted molar refractivity (Wildman–Crippen MR) is 357 cm³/mol. The number of hydrogen-bond donors (Lipinski definition) is 0. The van der Waals surface area contributed by atoms with E-state index in [1.54, 1.807) is 28.4 Å². The Morgan fingerprint density at radius 2 is 0.884 bits per heavy atom. The van der Waals surface area contributed by atoms with E-state index in [2.05, 4.69) is 132 Å². The second-order valence-corrected chi connectivity index (χ2v) is 39.3. The van der Waals surface area contributed by atoms with Gasteiger partial charge in [-0.2, -0.15) is 0 Å². The summed E-state index contributed by atoms with van der Waals surface area (Å²) < 4.78 is 78.7. The van der Waals surface area contributed by atoms with E-state index in [1.807, 2.05) is 97.1 Å². The minimum atomic E-state index is -2.27. The van der Waals surface area contributed by atoms with Crippen LogP contribution in [0.25, 0.3) is 0 Å². The van der Waals surface area contributed by atoms with Crippen LogP contribution in [-0.2, 0) is 68.5 Å². The molecule has 16 heteroatoms. The summed E-state index contributed by atoms with van der Waals surface area (Å²) in [6.07, 6.45) is 1.73. The highest BCUT2D eigenvalue weighted by Gasteiger charge is 2.54. The summed E-state index contributed by atoms with van der Waals surface area (Å²) in [5.41, 5.74) is 5.76. The number of rotatable bonds is 34. The van der Waals surface area contributed by atoms with Crippen LogP contribution in [0.5, 0.6) is 23.0 Å². The number of carbonyl (C=O) groups excluding carboxylic acids is 1. The van der Waals surface area contributed by atoms with Gasteiger partial charge in [0, 0.05) is 31.5 Å². The molecule has 8 atom stereocenters. The quantitative estimate of drug-likeness (QED) is 0.0191. The maximum atomic E-state index is 14.4. The van der Waals surface area contributed by atoms with Gasteiger partial charge in [-0.1, -0.05) is 173 Å². The maximum Gasteiger partial charge on any atom is 0.200 e. The van der Waals surface area contributed by atoms with E-state index in [0.717, 1.165) is 45.3 Å². The van der Waals surface area contributed by atoms with Crippen LogP contribution in [0.2, 0.25) is 33.2 Å². The summed E-state index contributed by atoms with van der Waals surface area (Å²) in [5.74, 6) is 2.93.